The lowest BCUT2D eigenvalue weighted by Crippen LogP contribution is -2.65. The molecule has 4 N–H and O–H groups in total. The van der Waals surface area contributed by atoms with E-state index >= 15 is 0 Å². The van der Waals surface area contributed by atoms with Gasteiger partial charge in [-0.15, -0.1) is 11.8 Å². The number of aliphatic hydroxyl groups is 3. The molecule has 1 saturated carbocycles. The lowest BCUT2D eigenvalue weighted by Gasteiger charge is -2.51. The Labute approximate surface area is 217 Å². The molecular weight excluding hydrogens is 494 g/mol. The molecule has 0 aromatic heterocycles. The summed E-state index contributed by atoms with van der Waals surface area (Å²) in [5.41, 5.74) is -2.64. The van der Waals surface area contributed by atoms with Gasteiger partial charge in [0, 0.05) is 27.6 Å². The fourth-order valence-electron chi connectivity index (χ4n) is 6.07. The average molecular weight is 522 g/mol. The van der Waals surface area contributed by atoms with Crippen LogP contribution in [0.1, 0.15) is 29.7 Å². The van der Waals surface area contributed by atoms with Crippen LogP contribution in [0, 0.1) is 11.8 Å². The first-order chi connectivity index (χ1) is 17.5. The summed E-state index contributed by atoms with van der Waals surface area (Å²) in [6, 6.07) is 13.2. The molecule has 2 aromatic carbocycles. The minimum atomic E-state index is -2.59. The van der Waals surface area contributed by atoms with E-state index in [1.54, 1.807) is 26.2 Å². The van der Waals surface area contributed by atoms with Crippen LogP contribution in [0.15, 0.2) is 70.3 Å². The van der Waals surface area contributed by atoms with Crippen molar-refractivity contribution in [3.05, 3.63) is 76.6 Å². The predicted octanol–water partition coefficient (Wildman–Crippen LogP) is 3.36. The molecule has 0 spiro atoms. The second-order valence-electron chi connectivity index (χ2n) is 9.95. The zero-order valence-electron chi connectivity index (χ0n) is 20.5. The van der Waals surface area contributed by atoms with Crippen molar-refractivity contribution >= 4 is 34.9 Å². The largest absolute Gasteiger partial charge is 0.508 e. The molecule has 2 aromatic rings. The van der Waals surface area contributed by atoms with E-state index in [2.05, 4.69) is 0 Å². The highest BCUT2D eigenvalue weighted by Crippen LogP contribution is 2.59. The molecule has 192 valence electrons. The van der Waals surface area contributed by atoms with E-state index in [9.17, 15) is 34.8 Å². The molecule has 0 radical (unpaired) electrons. The number of aromatic hydroxyl groups is 1. The van der Waals surface area contributed by atoms with Gasteiger partial charge in [0.25, 0.3) is 0 Å². The van der Waals surface area contributed by atoms with Crippen LogP contribution in [-0.2, 0) is 14.4 Å². The van der Waals surface area contributed by atoms with Crippen LogP contribution in [0.2, 0.25) is 0 Å². The Morgan fingerprint density at radius 2 is 1.70 bits per heavy atom. The zero-order chi connectivity index (χ0) is 26.8. The first kappa shape index (κ1) is 25.3. The molecule has 0 amide bonds. The van der Waals surface area contributed by atoms with Crippen LogP contribution in [0.5, 0.6) is 5.75 Å². The van der Waals surface area contributed by atoms with Crippen LogP contribution < -0.4 is 0 Å². The van der Waals surface area contributed by atoms with Crippen molar-refractivity contribution in [1.82, 2.24) is 4.90 Å². The summed E-state index contributed by atoms with van der Waals surface area (Å²) in [6.45, 7) is 1.09. The molecule has 0 unspecified atom stereocenters. The number of carbonyl (C=O) groups excluding carboxylic acids is 3. The number of likely N-dealkylation sites (N-methyl/N-ethyl adjacent to an activating group) is 1. The zero-order valence-corrected chi connectivity index (χ0v) is 21.3. The van der Waals surface area contributed by atoms with Gasteiger partial charge in [-0.05, 0) is 51.2 Å². The van der Waals surface area contributed by atoms with Gasteiger partial charge in [-0.2, -0.15) is 0 Å². The van der Waals surface area contributed by atoms with E-state index in [1.165, 1.54) is 22.7 Å². The van der Waals surface area contributed by atoms with Crippen molar-refractivity contribution in [3.63, 3.8) is 0 Å². The number of phenols is 1. The number of fused-ring (bicyclic) bond motifs is 3. The van der Waals surface area contributed by atoms with Crippen molar-refractivity contribution in [2.75, 3.05) is 14.1 Å². The summed E-state index contributed by atoms with van der Waals surface area (Å²) < 4.78 is 0. The summed E-state index contributed by atoms with van der Waals surface area (Å²) in [5.74, 6) is -5.81. The van der Waals surface area contributed by atoms with Crippen LogP contribution in [0.3, 0.4) is 0 Å². The second kappa shape index (κ2) is 8.86. The third-order valence-electron chi connectivity index (χ3n) is 7.65. The molecule has 0 saturated heterocycles. The topological polar surface area (TPSA) is 135 Å². The van der Waals surface area contributed by atoms with Crippen molar-refractivity contribution in [1.29, 1.82) is 0 Å². The molecule has 37 heavy (non-hydrogen) atoms. The number of Topliss-reactive ketones (excluding diaryl/α,β-unsaturated/α-hetero) is 3. The number of ketones is 3. The van der Waals surface area contributed by atoms with E-state index in [1.807, 2.05) is 30.3 Å². The van der Waals surface area contributed by atoms with Gasteiger partial charge in [-0.1, -0.05) is 30.3 Å². The van der Waals surface area contributed by atoms with Gasteiger partial charge in [0.05, 0.1) is 11.6 Å². The van der Waals surface area contributed by atoms with E-state index in [-0.39, 0.29) is 23.3 Å². The Hall–Kier alpha value is -3.40. The maximum atomic E-state index is 14.1. The van der Waals surface area contributed by atoms with Gasteiger partial charge in [0.2, 0.25) is 5.78 Å². The standard InChI is InChI=1S/C28H27NO7S/c1-13(30)19-24(33)22(29(2)3)17-12-16-21(27(35)28(17,36)26(19)34)23(32)20-15(10-7-11-18(20)31)25(16)37-14-8-5-4-6-9-14/h4-11,16-17,22,25,31-32,34,36H,12H2,1-3H3/t16-,17-,22-,25-,28+/m0/s1. The summed E-state index contributed by atoms with van der Waals surface area (Å²) in [5, 5.41) is 44.4. The first-order valence-corrected chi connectivity index (χ1v) is 12.8. The van der Waals surface area contributed by atoms with Gasteiger partial charge in [-0.25, -0.2) is 0 Å². The van der Waals surface area contributed by atoms with Gasteiger partial charge < -0.3 is 20.4 Å². The number of phenolic OH excluding ortho intramolecular Hbond substituents is 1. The third-order valence-corrected chi connectivity index (χ3v) is 9.03. The SMILES string of the molecule is CC(=O)C1=C(O)[C@@]2(O)C(=O)C3=C(O)c4c(O)cccc4[C@H](Sc4ccccc4)[C@H]3C[C@H]2[C@H](N(C)C)C1=O. The van der Waals surface area contributed by atoms with E-state index in [4.69, 9.17) is 0 Å². The number of benzene rings is 2. The predicted molar refractivity (Wildman–Crippen MR) is 137 cm³/mol. The Balaban J connectivity index is 1.76. The highest BCUT2D eigenvalue weighted by molar-refractivity contribution is 7.99. The van der Waals surface area contributed by atoms with Crippen molar-refractivity contribution in [3.8, 4) is 5.75 Å². The van der Waals surface area contributed by atoms with E-state index in [0.29, 0.717) is 5.56 Å². The molecule has 0 aliphatic heterocycles. The van der Waals surface area contributed by atoms with Gasteiger partial charge in [0.1, 0.15) is 22.8 Å². The van der Waals surface area contributed by atoms with Crippen LogP contribution in [-0.4, -0.2) is 68.4 Å². The minimum absolute atomic E-state index is 0.0606. The molecule has 5 atom stereocenters. The molecule has 3 aliphatic carbocycles. The van der Waals surface area contributed by atoms with E-state index < -0.39 is 63.2 Å². The number of nitrogens with zero attached hydrogens (tertiary/aromatic N) is 1. The second-order valence-corrected chi connectivity index (χ2v) is 11.2. The van der Waals surface area contributed by atoms with Crippen molar-refractivity contribution in [2.45, 2.75) is 35.1 Å². The van der Waals surface area contributed by atoms with Gasteiger partial charge in [-0.3, -0.25) is 19.3 Å². The number of hydrogen-bond donors (Lipinski definition) is 4. The van der Waals surface area contributed by atoms with Crippen LogP contribution in [0.25, 0.3) is 5.76 Å². The smallest absolute Gasteiger partial charge is 0.202 e. The fraction of sp³-hybridized carbons (Fsp3) is 0.321. The monoisotopic (exact) mass is 521 g/mol. The minimum Gasteiger partial charge on any atom is -0.508 e. The highest BCUT2D eigenvalue weighted by Gasteiger charge is 2.65. The molecule has 1 fully saturated rings. The molecular formula is C28H27NO7S. The molecule has 5 rings (SSSR count). The first-order valence-electron chi connectivity index (χ1n) is 11.9. The molecule has 8 nitrogen and oxygen atoms in total. The number of aliphatic hydroxyl groups excluding tert-OH is 2. The number of hydrogen-bond acceptors (Lipinski definition) is 9. The van der Waals surface area contributed by atoms with E-state index in [0.717, 1.165) is 11.8 Å². The summed E-state index contributed by atoms with van der Waals surface area (Å²) in [6.07, 6.45) is 0.0606. The Morgan fingerprint density at radius 1 is 1.03 bits per heavy atom. The maximum absolute atomic E-state index is 14.1. The van der Waals surface area contributed by atoms with Crippen molar-refractivity contribution in [2.24, 2.45) is 11.8 Å². The van der Waals surface area contributed by atoms with Crippen molar-refractivity contribution < 1.29 is 34.8 Å². The Kier molecular flexibility index (Phi) is 6.05. The summed E-state index contributed by atoms with van der Waals surface area (Å²) >= 11 is 1.44. The summed E-state index contributed by atoms with van der Waals surface area (Å²) in [7, 11) is 3.22. The lowest BCUT2D eigenvalue weighted by atomic mass is 9.57. The molecule has 3 aliphatic rings. The van der Waals surface area contributed by atoms with Gasteiger partial charge >= 0.3 is 0 Å². The Bertz CT molecular complexity index is 1400. The number of thioether (sulfide) groups is 1. The van der Waals surface area contributed by atoms with Crippen LogP contribution in [0.4, 0.5) is 0 Å². The average Bonchev–Trinajstić information content (AvgIpc) is 2.84. The highest BCUT2D eigenvalue weighted by atomic mass is 32.2. The maximum Gasteiger partial charge on any atom is 0.202 e. The summed E-state index contributed by atoms with van der Waals surface area (Å²) in [4.78, 5) is 42.2. The normalized spacial score (nSPS) is 29.2. The third kappa shape index (κ3) is 3.56. The molecule has 0 heterocycles. The lowest BCUT2D eigenvalue weighted by molar-refractivity contribution is -0.153. The number of carbonyl (C=O) groups is 3. The fourth-order valence-corrected chi connectivity index (χ4v) is 7.41. The quantitative estimate of drug-likeness (QED) is 0.447. The molecule has 9 heteroatoms. The molecule has 0 bridgehead atoms. The van der Waals surface area contributed by atoms with Crippen LogP contribution >= 0.6 is 11.8 Å². The number of rotatable bonds is 4. The van der Waals surface area contributed by atoms with Gasteiger partial charge in [0.15, 0.2) is 17.2 Å². The Morgan fingerprint density at radius 3 is 2.32 bits per heavy atom.